The van der Waals surface area contributed by atoms with Crippen molar-refractivity contribution < 1.29 is 9.90 Å². The van der Waals surface area contributed by atoms with E-state index in [-0.39, 0.29) is 0 Å². The van der Waals surface area contributed by atoms with Crippen molar-refractivity contribution in [2.75, 3.05) is 0 Å². The van der Waals surface area contributed by atoms with Gasteiger partial charge >= 0.3 is 0 Å². The predicted octanol–water partition coefficient (Wildman–Crippen LogP) is 3.92. The van der Waals surface area contributed by atoms with Gasteiger partial charge in [-0.3, -0.25) is 4.79 Å². The first-order valence-corrected chi connectivity index (χ1v) is 7.24. The molecular weight excluding hydrogens is 180 g/mol. The Morgan fingerprint density at radius 3 is 1.15 bits per heavy atom. The van der Waals surface area contributed by atoms with Crippen LogP contribution in [0.25, 0.3) is 0 Å². The lowest BCUT2D eigenvalue weighted by Crippen LogP contribution is -2.51. The number of carboxylic acid groups (broad SMARTS) is 1. The summed E-state index contributed by atoms with van der Waals surface area (Å²) in [6.45, 7) is 12.3. The van der Waals surface area contributed by atoms with Crippen LogP contribution in [-0.2, 0) is 0 Å². The summed E-state index contributed by atoms with van der Waals surface area (Å²) in [5.41, 5.74) is 0.410. The zero-order chi connectivity index (χ0) is 10.8. The second kappa shape index (κ2) is 4.27. The first-order valence-electron chi connectivity index (χ1n) is 5.01. The van der Waals surface area contributed by atoms with Gasteiger partial charge in [-0.05, 0) is 16.6 Å². The maximum absolute atomic E-state index is 11.4. The molecule has 0 saturated heterocycles. The van der Waals surface area contributed by atoms with Crippen LogP contribution in [0.3, 0.4) is 0 Å². The summed E-state index contributed by atoms with van der Waals surface area (Å²) >= 11 is 0. The molecular formula is C10H22O2Si. The lowest BCUT2D eigenvalue weighted by atomic mass is 10.5. The molecule has 78 valence electrons. The molecule has 0 saturated carbocycles. The topological polar surface area (TPSA) is 37.3 Å². The predicted molar refractivity (Wildman–Crippen MR) is 59.1 cm³/mol. The Morgan fingerprint density at radius 2 is 1.15 bits per heavy atom. The SMILES string of the molecule is CC(C)[Si](C(=O)O)(C(C)C)C(C)C. The summed E-state index contributed by atoms with van der Waals surface area (Å²) in [4.78, 5) is 11.4. The maximum Gasteiger partial charge on any atom is 0.270 e. The lowest BCUT2D eigenvalue weighted by molar-refractivity contribution is 0.216. The van der Waals surface area contributed by atoms with Gasteiger partial charge < -0.3 is 5.11 Å². The van der Waals surface area contributed by atoms with Crippen molar-refractivity contribution in [1.29, 1.82) is 0 Å². The zero-order valence-electron chi connectivity index (χ0n) is 9.59. The Balaban J connectivity index is 5.19. The van der Waals surface area contributed by atoms with Crippen LogP contribution in [-0.4, -0.2) is 18.8 Å². The minimum absolute atomic E-state index is 0.310. The summed E-state index contributed by atoms with van der Waals surface area (Å²) in [6.07, 6.45) is 0. The van der Waals surface area contributed by atoms with Crippen LogP contribution in [0.4, 0.5) is 4.79 Å². The number of rotatable bonds is 4. The second-order valence-electron chi connectivity index (χ2n) is 4.70. The normalized spacial score (nSPS) is 13.0. The number of hydrogen-bond acceptors (Lipinski definition) is 1. The third-order valence-corrected chi connectivity index (χ3v) is 9.71. The smallest absolute Gasteiger partial charge is 0.270 e. The molecule has 0 spiro atoms. The van der Waals surface area contributed by atoms with Gasteiger partial charge in [-0.25, -0.2) is 0 Å². The molecule has 0 amide bonds. The maximum atomic E-state index is 11.4. The second-order valence-corrected chi connectivity index (χ2v) is 10.5. The highest BCUT2D eigenvalue weighted by Crippen LogP contribution is 2.41. The summed E-state index contributed by atoms with van der Waals surface area (Å²) < 4.78 is 0. The molecule has 0 atom stereocenters. The van der Waals surface area contributed by atoms with Crippen LogP contribution < -0.4 is 0 Å². The van der Waals surface area contributed by atoms with Crippen molar-refractivity contribution >= 4 is 13.7 Å². The Morgan fingerprint density at radius 1 is 0.923 bits per heavy atom. The third kappa shape index (κ3) is 1.95. The summed E-state index contributed by atoms with van der Waals surface area (Å²) in [5.74, 6) is 0. The summed E-state index contributed by atoms with van der Waals surface area (Å²) in [7, 11) is -2.19. The van der Waals surface area contributed by atoms with Crippen LogP contribution in [0.15, 0.2) is 0 Å². The van der Waals surface area contributed by atoms with E-state index in [0.717, 1.165) is 0 Å². The monoisotopic (exact) mass is 202 g/mol. The minimum atomic E-state index is -2.19. The summed E-state index contributed by atoms with van der Waals surface area (Å²) in [5, 5.41) is 9.40. The van der Waals surface area contributed by atoms with Crippen molar-refractivity contribution in [3.05, 3.63) is 0 Å². The van der Waals surface area contributed by atoms with E-state index in [9.17, 15) is 9.90 Å². The molecule has 0 aliphatic heterocycles. The van der Waals surface area contributed by atoms with E-state index in [1.165, 1.54) is 0 Å². The van der Waals surface area contributed by atoms with Gasteiger partial charge in [-0.1, -0.05) is 41.5 Å². The molecule has 0 aromatic carbocycles. The van der Waals surface area contributed by atoms with E-state index >= 15 is 0 Å². The molecule has 0 aliphatic carbocycles. The Kier molecular flexibility index (Phi) is 4.16. The third-order valence-electron chi connectivity index (χ3n) is 3.24. The van der Waals surface area contributed by atoms with Gasteiger partial charge in [-0.2, -0.15) is 0 Å². The van der Waals surface area contributed by atoms with Crippen molar-refractivity contribution in [1.82, 2.24) is 0 Å². The Labute approximate surface area is 82.4 Å². The quantitative estimate of drug-likeness (QED) is 0.701. The van der Waals surface area contributed by atoms with Gasteiger partial charge in [0, 0.05) is 0 Å². The first kappa shape index (κ1) is 12.7. The van der Waals surface area contributed by atoms with Gasteiger partial charge in [0.1, 0.15) is 0 Å². The fourth-order valence-corrected chi connectivity index (χ4v) is 8.22. The van der Waals surface area contributed by atoms with Crippen LogP contribution >= 0.6 is 0 Å². The minimum Gasteiger partial charge on any atom is -0.486 e. The molecule has 2 nitrogen and oxygen atoms in total. The van der Waals surface area contributed by atoms with Crippen molar-refractivity contribution in [2.45, 2.75) is 58.2 Å². The molecule has 0 aliphatic rings. The highest BCUT2D eigenvalue weighted by Gasteiger charge is 2.50. The van der Waals surface area contributed by atoms with Crippen molar-refractivity contribution in [2.24, 2.45) is 0 Å². The molecule has 0 fully saturated rings. The van der Waals surface area contributed by atoms with Crippen LogP contribution in [0.2, 0.25) is 16.6 Å². The fraction of sp³-hybridized carbons (Fsp3) is 0.900. The van der Waals surface area contributed by atoms with Gasteiger partial charge in [0.15, 0.2) is 8.07 Å². The molecule has 3 heteroatoms. The van der Waals surface area contributed by atoms with Gasteiger partial charge in [0.25, 0.3) is 5.59 Å². The highest BCUT2D eigenvalue weighted by molar-refractivity contribution is 7.07. The van der Waals surface area contributed by atoms with Gasteiger partial charge in [-0.15, -0.1) is 0 Å². The van der Waals surface area contributed by atoms with E-state index < -0.39 is 13.7 Å². The highest BCUT2D eigenvalue weighted by atomic mass is 28.3. The molecule has 0 rings (SSSR count). The first-order chi connectivity index (χ1) is 5.77. The van der Waals surface area contributed by atoms with E-state index in [1.54, 1.807) is 0 Å². The van der Waals surface area contributed by atoms with Crippen LogP contribution in [0.5, 0.6) is 0 Å². The molecule has 0 aromatic heterocycles. The average molecular weight is 202 g/mol. The molecule has 0 aromatic rings. The van der Waals surface area contributed by atoms with Crippen molar-refractivity contribution in [3.63, 3.8) is 0 Å². The van der Waals surface area contributed by atoms with E-state index in [4.69, 9.17) is 0 Å². The average Bonchev–Trinajstić information content (AvgIpc) is 1.82. The Bertz CT molecular complexity index is 164. The van der Waals surface area contributed by atoms with E-state index in [2.05, 4.69) is 41.5 Å². The fourth-order valence-electron chi connectivity index (χ4n) is 2.74. The molecule has 0 radical (unpaired) electrons. The van der Waals surface area contributed by atoms with Gasteiger partial charge in [0.05, 0.1) is 0 Å². The van der Waals surface area contributed by atoms with Crippen LogP contribution in [0.1, 0.15) is 41.5 Å². The lowest BCUT2D eigenvalue weighted by Gasteiger charge is -2.38. The molecule has 1 N–H and O–H groups in total. The Hall–Kier alpha value is -0.313. The standard InChI is InChI=1S/C10H22O2Si/c1-7(2)13(8(3)4,9(5)6)10(11)12/h7-9H,1-6H3,(H,11,12). The van der Waals surface area contributed by atoms with Gasteiger partial charge in [0.2, 0.25) is 0 Å². The largest absolute Gasteiger partial charge is 0.486 e. The number of hydrogen-bond donors (Lipinski definition) is 1. The van der Waals surface area contributed by atoms with Crippen LogP contribution in [0, 0.1) is 0 Å². The van der Waals surface area contributed by atoms with E-state index in [1.807, 2.05) is 0 Å². The molecule has 0 bridgehead atoms. The zero-order valence-corrected chi connectivity index (χ0v) is 10.6. The molecule has 13 heavy (non-hydrogen) atoms. The molecule has 0 unspecified atom stereocenters. The summed E-state index contributed by atoms with van der Waals surface area (Å²) in [6, 6.07) is 0. The van der Waals surface area contributed by atoms with Crippen molar-refractivity contribution in [3.8, 4) is 0 Å². The van der Waals surface area contributed by atoms with E-state index in [0.29, 0.717) is 16.6 Å². The number of carbonyl (C=O) groups is 1. The molecule has 0 heterocycles.